The van der Waals surface area contributed by atoms with Gasteiger partial charge >= 0.3 is 0 Å². The number of rotatable bonds is 0. The molecule has 0 aliphatic carbocycles. The first-order chi connectivity index (χ1) is 17.9. The van der Waals surface area contributed by atoms with Gasteiger partial charge in [0.05, 0.1) is 0 Å². The van der Waals surface area contributed by atoms with Gasteiger partial charge in [-0.1, -0.05) is 103 Å². The Morgan fingerprint density at radius 2 is 0.694 bits per heavy atom. The van der Waals surface area contributed by atoms with Crippen molar-refractivity contribution in [2.75, 3.05) is 0 Å². The highest BCUT2D eigenvalue weighted by Crippen LogP contribution is 2.50. The molecule has 0 spiro atoms. The summed E-state index contributed by atoms with van der Waals surface area (Å²) in [7, 11) is 0. The Balaban J connectivity index is 1.63. The Labute approximate surface area is 206 Å². The van der Waals surface area contributed by atoms with Crippen LogP contribution in [0, 0.1) is 0 Å². The number of benzene rings is 10. The summed E-state index contributed by atoms with van der Waals surface area (Å²) in [4.78, 5) is 0. The molecular weight excluding hydrogens is 432 g/mol. The average Bonchev–Trinajstić information content (AvgIpc) is 2.94. The van der Waals surface area contributed by atoms with E-state index in [9.17, 15) is 0 Å². The van der Waals surface area contributed by atoms with E-state index in [1.54, 1.807) is 0 Å². The molecule has 0 heteroatoms. The largest absolute Gasteiger partial charge is 0.0616 e. The van der Waals surface area contributed by atoms with Crippen molar-refractivity contribution in [3.05, 3.63) is 109 Å². The van der Waals surface area contributed by atoms with E-state index in [0.717, 1.165) is 0 Å². The van der Waals surface area contributed by atoms with Crippen LogP contribution in [0.4, 0.5) is 0 Å². The normalized spacial score (nSPS) is 13.0. The summed E-state index contributed by atoms with van der Waals surface area (Å²) in [6.07, 6.45) is 0. The van der Waals surface area contributed by atoms with Gasteiger partial charge in [-0.05, 0) is 103 Å². The lowest BCUT2D eigenvalue weighted by molar-refractivity contribution is 1.80. The van der Waals surface area contributed by atoms with Crippen molar-refractivity contribution in [3.8, 4) is 0 Å². The van der Waals surface area contributed by atoms with Crippen molar-refractivity contribution >= 4 is 97.0 Å². The molecule has 0 N–H and O–H groups in total. The zero-order valence-corrected chi connectivity index (χ0v) is 19.4. The van der Waals surface area contributed by atoms with Gasteiger partial charge in [-0.15, -0.1) is 0 Å². The zero-order chi connectivity index (χ0) is 23.1. The van der Waals surface area contributed by atoms with E-state index < -0.39 is 0 Å². The molecule has 0 heterocycles. The Kier molecular flexibility index (Phi) is 2.83. The SMILES string of the molecule is c1ccc2c(c1)cc1ccc3c4c(ccc2c14)c1ccc2ccc4ccc5cccc6c5c4c2c1c63. The molecule has 0 saturated carbocycles. The van der Waals surface area contributed by atoms with Crippen molar-refractivity contribution in [2.45, 2.75) is 0 Å². The van der Waals surface area contributed by atoms with E-state index in [0.29, 0.717) is 0 Å². The standard InChI is InChI=1S/C36H18/c1-2-6-24-22(4-1)18-23-13-15-29-34-26(17-16-25(24)31(23)34)27-14-12-21-11-10-20-9-8-19-5-3-7-28-30(19)32(20)33(21)36(27)35(28)29/h1-18H. The predicted octanol–water partition coefficient (Wildman–Crippen LogP) is 10.4. The topological polar surface area (TPSA) is 0 Å². The van der Waals surface area contributed by atoms with Crippen molar-refractivity contribution < 1.29 is 0 Å². The molecular formula is C36H18. The highest BCUT2D eigenvalue weighted by atomic mass is 14.2. The number of hydrogen-bond donors (Lipinski definition) is 0. The van der Waals surface area contributed by atoms with Crippen molar-refractivity contribution in [1.82, 2.24) is 0 Å². The van der Waals surface area contributed by atoms with E-state index in [4.69, 9.17) is 0 Å². The molecule has 0 fully saturated rings. The van der Waals surface area contributed by atoms with E-state index in [-0.39, 0.29) is 0 Å². The molecule has 0 unspecified atom stereocenters. The van der Waals surface area contributed by atoms with Crippen molar-refractivity contribution in [1.29, 1.82) is 0 Å². The second-order valence-electron chi connectivity index (χ2n) is 10.4. The molecule has 0 nitrogen and oxygen atoms in total. The van der Waals surface area contributed by atoms with Gasteiger partial charge in [0.15, 0.2) is 0 Å². The molecule has 0 aliphatic heterocycles. The highest BCUT2D eigenvalue weighted by Gasteiger charge is 2.22. The third-order valence-electron chi connectivity index (χ3n) is 8.84. The van der Waals surface area contributed by atoms with Crippen LogP contribution in [-0.4, -0.2) is 0 Å². The van der Waals surface area contributed by atoms with Crippen molar-refractivity contribution in [3.63, 3.8) is 0 Å². The summed E-state index contributed by atoms with van der Waals surface area (Å²) >= 11 is 0. The van der Waals surface area contributed by atoms with Gasteiger partial charge in [0.2, 0.25) is 0 Å². The fourth-order valence-electron chi connectivity index (χ4n) is 7.45. The Bertz CT molecular complexity index is 2510. The molecule has 10 aromatic rings. The third kappa shape index (κ3) is 1.83. The van der Waals surface area contributed by atoms with Crippen LogP contribution in [-0.2, 0) is 0 Å². The monoisotopic (exact) mass is 450 g/mol. The summed E-state index contributed by atoms with van der Waals surface area (Å²) in [6.45, 7) is 0. The summed E-state index contributed by atoms with van der Waals surface area (Å²) in [5.74, 6) is 0. The minimum absolute atomic E-state index is 1.31. The first-order valence-electron chi connectivity index (χ1n) is 12.7. The van der Waals surface area contributed by atoms with Gasteiger partial charge in [0.25, 0.3) is 0 Å². The van der Waals surface area contributed by atoms with Crippen LogP contribution in [0.5, 0.6) is 0 Å². The maximum atomic E-state index is 2.39. The first-order valence-corrected chi connectivity index (χ1v) is 12.7. The van der Waals surface area contributed by atoms with Gasteiger partial charge in [-0.2, -0.15) is 0 Å². The quantitative estimate of drug-likeness (QED) is 0.159. The van der Waals surface area contributed by atoms with Gasteiger partial charge in [0.1, 0.15) is 0 Å². The van der Waals surface area contributed by atoms with Gasteiger partial charge in [-0.3, -0.25) is 0 Å². The summed E-state index contributed by atoms with van der Waals surface area (Å²) < 4.78 is 0. The van der Waals surface area contributed by atoms with E-state index in [1.165, 1.54) is 97.0 Å². The summed E-state index contributed by atoms with van der Waals surface area (Å²) in [5.41, 5.74) is 0. The smallest absolute Gasteiger partial charge is 0.000762 e. The molecule has 162 valence electrons. The predicted molar refractivity (Wildman–Crippen MR) is 158 cm³/mol. The van der Waals surface area contributed by atoms with Crippen LogP contribution >= 0.6 is 0 Å². The first kappa shape index (κ1) is 17.7. The lowest BCUT2D eigenvalue weighted by Crippen LogP contribution is -1.93. The molecule has 0 saturated heterocycles. The van der Waals surface area contributed by atoms with E-state index in [1.807, 2.05) is 0 Å². The van der Waals surface area contributed by atoms with Gasteiger partial charge < -0.3 is 0 Å². The molecule has 0 aliphatic rings. The highest BCUT2D eigenvalue weighted by molar-refractivity contribution is 6.48. The van der Waals surface area contributed by atoms with Gasteiger partial charge in [0, 0.05) is 0 Å². The van der Waals surface area contributed by atoms with Crippen LogP contribution < -0.4 is 0 Å². The zero-order valence-electron chi connectivity index (χ0n) is 19.4. The lowest BCUT2D eigenvalue weighted by atomic mass is 9.81. The van der Waals surface area contributed by atoms with E-state index in [2.05, 4.69) is 109 Å². The minimum atomic E-state index is 1.31. The van der Waals surface area contributed by atoms with Gasteiger partial charge in [-0.25, -0.2) is 0 Å². The third-order valence-corrected chi connectivity index (χ3v) is 8.84. The van der Waals surface area contributed by atoms with Crippen molar-refractivity contribution in [2.24, 2.45) is 0 Å². The average molecular weight is 451 g/mol. The Morgan fingerprint density at radius 3 is 1.56 bits per heavy atom. The van der Waals surface area contributed by atoms with Crippen LogP contribution in [0.1, 0.15) is 0 Å². The maximum Gasteiger partial charge on any atom is -0.000762 e. The van der Waals surface area contributed by atoms with E-state index >= 15 is 0 Å². The molecule has 0 radical (unpaired) electrons. The molecule has 0 aromatic heterocycles. The van der Waals surface area contributed by atoms with Crippen LogP contribution in [0.3, 0.4) is 0 Å². The summed E-state index contributed by atoms with van der Waals surface area (Å²) in [6, 6.07) is 41.4. The van der Waals surface area contributed by atoms with Crippen LogP contribution in [0.15, 0.2) is 109 Å². The Morgan fingerprint density at radius 1 is 0.222 bits per heavy atom. The molecule has 0 amide bonds. The lowest BCUT2D eigenvalue weighted by Gasteiger charge is -2.22. The fourth-order valence-corrected chi connectivity index (χ4v) is 7.45. The molecule has 36 heavy (non-hydrogen) atoms. The molecule has 10 rings (SSSR count). The number of fused-ring (bicyclic) bond motifs is 5. The maximum absolute atomic E-state index is 2.39. The Hall–Kier alpha value is -4.68. The molecule has 0 atom stereocenters. The molecule has 10 aromatic carbocycles. The number of hydrogen-bond acceptors (Lipinski definition) is 0. The van der Waals surface area contributed by atoms with Crippen LogP contribution in [0.25, 0.3) is 97.0 Å². The van der Waals surface area contributed by atoms with Crippen LogP contribution in [0.2, 0.25) is 0 Å². The molecule has 0 bridgehead atoms. The fraction of sp³-hybridized carbons (Fsp3) is 0. The summed E-state index contributed by atoms with van der Waals surface area (Å²) in [5, 5.41) is 24.6. The second kappa shape index (κ2) is 5.75. The second-order valence-corrected chi connectivity index (χ2v) is 10.4. The minimum Gasteiger partial charge on any atom is -0.0616 e.